The average molecular weight is 399 g/mol. The molecule has 1 aliphatic heterocycles. The maximum absolute atomic E-state index is 13.0. The molecule has 4 amide bonds. The first-order valence-electron chi connectivity index (χ1n) is 8.52. The van der Waals surface area contributed by atoms with E-state index in [2.05, 4.69) is 19.4 Å². The molecule has 0 spiro atoms. The largest absolute Gasteiger partial charge is 0.466 e. The second-order valence-corrected chi connectivity index (χ2v) is 7.29. The number of benzene rings is 1. The number of hydrogen-bond donors (Lipinski definition) is 2. The Kier molecular flexibility index (Phi) is 4.15. The van der Waals surface area contributed by atoms with E-state index in [1.165, 1.54) is 0 Å². The van der Waals surface area contributed by atoms with Crippen LogP contribution in [-0.2, 0) is 15.1 Å². The molecule has 1 aromatic carbocycles. The molecule has 0 bridgehead atoms. The number of imide groups is 1. The minimum atomic E-state index is -1.28. The Morgan fingerprint density at radius 1 is 1.32 bits per heavy atom. The van der Waals surface area contributed by atoms with Crippen LogP contribution >= 0.6 is 11.7 Å². The highest BCUT2D eigenvalue weighted by molar-refractivity contribution is 7.00. The minimum Gasteiger partial charge on any atom is -0.466 e. The van der Waals surface area contributed by atoms with Crippen molar-refractivity contribution >= 4 is 46.3 Å². The van der Waals surface area contributed by atoms with E-state index < -0.39 is 29.9 Å². The molecule has 1 aliphatic rings. The minimum absolute atomic E-state index is 0.413. The van der Waals surface area contributed by atoms with E-state index >= 15 is 0 Å². The van der Waals surface area contributed by atoms with Crippen molar-refractivity contribution in [3.8, 4) is 0 Å². The monoisotopic (exact) mass is 399 g/mol. The summed E-state index contributed by atoms with van der Waals surface area (Å²) in [6.07, 6.45) is 0. The summed E-state index contributed by atoms with van der Waals surface area (Å²) in [4.78, 5) is 38.8. The number of nitrogens with one attached hydrogen (secondary N) is 2. The van der Waals surface area contributed by atoms with E-state index in [0.29, 0.717) is 33.8 Å². The zero-order valence-corrected chi connectivity index (χ0v) is 16.2. The molecule has 3 aromatic rings. The molecule has 144 valence electrons. The summed E-state index contributed by atoms with van der Waals surface area (Å²) >= 11 is 1.04. The van der Waals surface area contributed by atoms with Crippen LogP contribution in [0.1, 0.15) is 24.0 Å². The van der Waals surface area contributed by atoms with Gasteiger partial charge in [0, 0.05) is 5.56 Å². The van der Waals surface area contributed by atoms with Crippen molar-refractivity contribution < 1.29 is 18.8 Å². The van der Waals surface area contributed by atoms with E-state index in [0.717, 1.165) is 16.6 Å². The number of carbonyl (C=O) groups excluding carboxylic acids is 3. The molecule has 2 aromatic heterocycles. The summed E-state index contributed by atoms with van der Waals surface area (Å²) in [5.74, 6) is 0.165. The number of urea groups is 1. The number of anilines is 1. The van der Waals surface area contributed by atoms with Crippen LogP contribution in [0.15, 0.2) is 28.7 Å². The quantitative estimate of drug-likeness (QED) is 0.650. The van der Waals surface area contributed by atoms with Crippen molar-refractivity contribution in [1.29, 1.82) is 0 Å². The van der Waals surface area contributed by atoms with Crippen LogP contribution in [0.3, 0.4) is 0 Å². The Hall–Kier alpha value is -3.27. The van der Waals surface area contributed by atoms with E-state index in [1.54, 1.807) is 45.0 Å². The van der Waals surface area contributed by atoms with E-state index in [4.69, 9.17) is 4.42 Å². The standard InChI is InChI=1S/C18H17N5O4S/c1-9-7-11(10(2)27-9)18(3)16(25)23(17(26)20-18)8-14(24)19-12-5-4-6-13-15(12)22-28-21-13/h4-7H,8H2,1-3H3,(H,19,24)(H,20,26). The predicted molar refractivity (Wildman–Crippen MR) is 102 cm³/mol. The summed E-state index contributed by atoms with van der Waals surface area (Å²) < 4.78 is 13.8. The van der Waals surface area contributed by atoms with Crippen molar-refractivity contribution in [2.24, 2.45) is 0 Å². The maximum atomic E-state index is 13.0. The van der Waals surface area contributed by atoms with Gasteiger partial charge in [-0.3, -0.25) is 14.5 Å². The molecular weight excluding hydrogens is 382 g/mol. The van der Waals surface area contributed by atoms with E-state index in [9.17, 15) is 14.4 Å². The van der Waals surface area contributed by atoms with Crippen LogP contribution in [-0.4, -0.2) is 38.0 Å². The van der Waals surface area contributed by atoms with Crippen LogP contribution in [0.2, 0.25) is 0 Å². The molecule has 1 atom stereocenters. The highest BCUT2D eigenvalue weighted by Gasteiger charge is 2.51. The molecule has 1 unspecified atom stereocenters. The number of amides is 4. The second kappa shape index (κ2) is 6.41. The summed E-state index contributed by atoms with van der Waals surface area (Å²) in [6, 6.07) is 6.30. The van der Waals surface area contributed by atoms with Gasteiger partial charge < -0.3 is 15.1 Å². The van der Waals surface area contributed by atoms with Gasteiger partial charge in [0.25, 0.3) is 5.91 Å². The third-order valence-electron chi connectivity index (χ3n) is 4.72. The maximum Gasteiger partial charge on any atom is 0.325 e. The summed E-state index contributed by atoms with van der Waals surface area (Å²) in [5.41, 5.74) is 0.999. The van der Waals surface area contributed by atoms with Crippen molar-refractivity contribution in [1.82, 2.24) is 19.0 Å². The van der Waals surface area contributed by atoms with Gasteiger partial charge in [-0.15, -0.1) is 0 Å². The average Bonchev–Trinajstić information content (AvgIpc) is 3.30. The van der Waals surface area contributed by atoms with Crippen LogP contribution in [0, 0.1) is 13.8 Å². The lowest BCUT2D eigenvalue weighted by Crippen LogP contribution is -2.42. The smallest absolute Gasteiger partial charge is 0.325 e. The van der Waals surface area contributed by atoms with Gasteiger partial charge in [-0.2, -0.15) is 8.75 Å². The Balaban J connectivity index is 1.54. The molecule has 3 heterocycles. The van der Waals surface area contributed by atoms with Crippen molar-refractivity contribution in [2.75, 3.05) is 11.9 Å². The number of rotatable bonds is 4. The highest BCUT2D eigenvalue weighted by Crippen LogP contribution is 2.32. The van der Waals surface area contributed by atoms with Crippen molar-refractivity contribution in [2.45, 2.75) is 26.3 Å². The topological polar surface area (TPSA) is 117 Å². The third kappa shape index (κ3) is 2.82. The number of furan rings is 1. The highest BCUT2D eigenvalue weighted by atomic mass is 32.1. The number of fused-ring (bicyclic) bond motifs is 1. The van der Waals surface area contributed by atoms with E-state index in [1.807, 2.05) is 0 Å². The fraction of sp³-hybridized carbons (Fsp3) is 0.278. The molecule has 0 radical (unpaired) electrons. The lowest BCUT2D eigenvalue weighted by Gasteiger charge is -2.21. The normalized spacial score (nSPS) is 19.3. The second-order valence-electron chi connectivity index (χ2n) is 6.76. The van der Waals surface area contributed by atoms with Gasteiger partial charge in [0.15, 0.2) is 0 Å². The third-order valence-corrected chi connectivity index (χ3v) is 5.26. The Morgan fingerprint density at radius 2 is 2.11 bits per heavy atom. The van der Waals surface area contributed by atoms with Gasteiger partial charge in [-0.25, -0.2) is 4.79 Å². The molecular formula is C18H17N5O4S. The van der Waals surface area contributed by atoms with E-state index in [-0.39, 0.29) is 0 Å². The van der Waals surface area contributed by atoms with Crippen LogP contribution in [0.4, 0.5) is 10.5 Å². The lowest BCUT2D eigenvalue weighted by atomic mass is 9.92. The number of nitrogens with zero attached hydrogens (tertiary/aromatic N) is 3. The van der Waals surface area contributed by atoms with Gasteiger partial charge in [0.2, 0.25) is 5.91 Å². The van der Waals surface area contributed by atoms with Crippen LogP contribution < -0.4 is 10.6 Å². The number of aryl methyl sites for hydroxylation is 2. The SMILES string of the molecule is Cc1cc(C2(C)NC(=O)N(CC(=O)Nc3cccc4nsnc34)C2=O)c(C)o1. The van der Waals surface area contributed by atoms with Crippen molar-refractivity contribution in [3.63, 3.8) is 0 Å². The van der Waals surface area contributed by atoms with Crippen LogP contribution in [0.5, 0.6) is 0 Å². The Labute approximate surface area is 164 Å². The van der Waals surface area contributed by atoms with Crippen LogP contribution in [0.25, 0.3) is 11.0 Å². The molecule has 0 saturated carbocycles. The fourth-order valence-corrected chi connectivity index (χ4v) is 3.94. The van der Waals surface area contributed by atoms with Gasteiger partial charge >= 0.3 is 6.03 Å². The molecule has 10 heteroatoms. The van der Waals surface area contributed by atoms with Gasteiger partial charge in [0.1, 0.15) is 34.6 Å². The van der Waals surface area contributed by atoms with Gasteiger partial charge in [-0.05, 0) is 39.0 Å². The summed E-state index contributed by atoms with van der Waals surface area (Å²) in [6.45, 7) is 4.68. The molecule has 2 N–H and O–H groups in total. The number of carbonyl (C=O) groups is 3. The Bertz CT molecular complexity index is 1120. The fourth-order valence-electron chi connectivity index (χ4n) is 3.39. The first kappa shape index (κ1) is 18.1. The summed E-state index contributed by atoms with van der Waals surface area (Å²) in [7, 11) is 0. The number of aromatic nitrogens is 2. The molecule has 9 nitrogen and oxygen atoms in total. The molecule has 1 fully saturated rings. The number of hydrogen-bond acceptors (Lipinski definition) is 7. The molecule has 1 saturated heterocycles. The summed E-state index contributed by atoms with van der Waals surface area (Å²) in [5, 5.41) is 5.37. The van der Waals surface area contributed by atoms with Gasteiger partial charge in [0.05, 0.1) is 17.4 Å². The molecule has 28 heavy (non-hydrogen) atoms. The molecule has 0 aliphatic carbocycles. The van der Waals surface area contributed by atoms with Crippen molar-refractivity contribution in [3.05, 3.63) is 41.3 Å². The first-order chi connectivity index (χ1) is 13.3. The van der Waals surface area contributed by atoms with Gasteiger partial charge in [-0.1, -0.05) is 6.07 Å². The molecule has 4 rings (SSSR count). The zero-order valence-electron chi connectivity index (χ0n) is 15.4. The lowest BCUT2D eigenvalue weighted by molar-refractivity contribution is -0.133. The Morgan fingerprint density at radius 3 is 2.82 bits per heavy atom. The predicted octanol–water partition coefficient (Wildman–Crippen LogP) is 2.31. The zero-order chi connectivity index (χ0) is 20.1. The first-order valence-corrected chi connectivity index (χ1v) is 9.25.